The van der Waals surface area contributed by atoms with Crippen molar-refractivity contribution in [2.75, 3.05) is 6.61 Å². The van der Waals surface area contributed by atoms with E-state index in [1.807, 2.05) is 39.8 Å². The van der Waals surface area contributed by atoms with E-state index in [1.165, 1.54) is 0 Å². The summed E-state index contributed by atoms with van der Waals surface area (Å²) >= 11 is 0. The number of aromatic nitrogens is 1. The fourth-order valence-electron chi connectivity index (χ4n) is 2.22. The lowest BCUT2D eigenvalue weighted by molar-refractivity contribution is -0.139. The van der Waals surface area contributed by atoms with Gasteiger partial charge in [0.1, 0.15) is 17.2 Å². The fraction of sp³-hybridized carbons (Fsp3) is 0.450. The molecule has 0 aliphatic carbocycles. The Kier molecular flexibility index (Phi) is 6.98. The maximum absolute atomic E-state index is 10.5. The van der Waals surface area contributed by atoms with Crippen molar-refractivity contribution in [1.82, 2.24) is 4.98 Å². The Morgan fingerprint density at radius 2 is 2.00 bits per heavy atom. The van der Waals surface area contributed by atoms with Crippen molar-refractivity contribution in [3.63, 3.8) is 0 Å². The molecular formula is C20H26N2O5. The predicted molar refractivity (Wildman–Crippen MR) is 101 cm³/mol. The van der Waals surface area contributed by atoms with Crippen LogP contribution >= 0.6 is 0 Å². The number of hydrogen-bond donors (Lipinski definition) is 1. The second kappa shape index (κ2) is 9.21. The summed E-state index contributed by atoms with van der Waals surface area (Å²) < 4.78 is 10.8. The summed E-state index contributed by atoms with van der Waals surface area (Å²) in [6, 6.07) is 7.31. The van der Waals surface area contributed by atoms with E-state index in [1.54, 1.807) is 18.3 Å². The molecule has 1 aromatic heterocycles. The van der Waals surface area contributed by atoms with E-state index >= 15 is 0 Å². The molecule has 0 amide bonds. The molecule has 0 aliphatic heterocycles. The average molecular weight is 374 g/mol. The number of ether oxygens (including phenoxy) is 1. The average Bonchev–Trinajstić information content (AvgIpc) is 2.98. The van der Waals surface area contributed by atoms with Crippen molar-refractivity contribution in [3.05, 3.63) is 47.2 Å². The number of oxime groups is 1. The van der Waals surface area contributed by atoms with Crippen LogP contribution in [0.5, 0.6) is 5.75 Å². The highest BCUT2D eigenvalue weighted by Crippen LogP contribution is 2.24. The molecule has 0 bridgehead atoms. The van der Waals surface area contributed by atoms with Crippen LogP contribution in [0.4, 0.5) is 0 Å². The van der Waals surface area contributed by atoms with E-state index in [-0.39, 0.29) is 18.6 Å². The summed E-state index contributed by atoms with van der Waals surface area (Å²) in [4.78, 5) is 20.2. The molecule has 7 nitrogen and oxygen atoms in total. The van der Waals surface area contributed by atoms with Crippen LogP contribution in [0.25, 0.3) is 0 Å². The topological polar surface area (TPSA) is 94.2 Å². The van der Waals surface area contributed by atoms with Crippen LogP contribution in [0.2, 0.25) is 0 Å². The first-order valence-corrected chi connectivity index (χ1v) is 8.80. The van der Waals surface area contributed by atoms with Gasteiger partial charge >= 0.3 is 5.97 Å². The number of benzene rings is 1. The Morgan fingerprint density at radius 1 is 1.30 bits per heavy atom. The molecule has 0 spiro atoms. The van der Waals surface area contributed by atoms with Gasteiger partial charge in [-0.2, -0.15) is 0 Å². The lowest BCUT2D eigenvalue weighted by Crippen LogP contribution is -2.11. The number of oxazole rings is 1. The van der Waals surface area contributed by atoms with E-state index in [2.05, 4.69) is 10.1 Å². The molecule has 0 aliphatic rings. The Balaban J connectivity index is 1.72. The highest BCUT2D eigenvalue weighted by Gasteiger charge is 2.22. The van der Waals surface area contributed by atoms with Crippen LogP contribution < -0.4 is 4.74 Å². The predicted octanol–water partition coefficient (Wildman–Crippen LogP) is 3.88. The second-order valence-electron chi connectivity index (χ2n) is 7.20. The molecular weight excluding hydrogens is 348 g/mol. The molecule has 0 unspecified atom stereocenters. The van der Waals surface area contributed by atoms with Crippen LogP contribution in [-0.4, -0.2) is 28.9 Å². The van der Waals surface area contributed by atoms with Gasteiger partial charge in [0.15, 0.2) is 19.1 Å². The van der Waals surface area contributed by atoms with Crippen molar-refractivity contribution >= 4 is 12.2 Å². The molecule has 0 fully saturated rings. The number of carbonyl (C=O) groups is 1. The minimum Gasteiger partial charge on any atom is -0.482 e. The summed E-state index contributed by atoms with van der Waals surface area (Å²) in [6.07, 6.45) is 3.23. The zero-order valence-corrected chi connectivity index (χ0v) is 16.2. The molecule has 1 N–H and O–H groups in total. The van der Waals surface area contributed by atoms with Crippen molar-refractivity contribution in [2.24, 2.45) is 5.16 Å². The summed E-state index contributed by atoms with van der Waals surface area (Å²) in [5, 5.41) is 12.5. The Bertz CT molecular complexity index is 773. The third-order valence-electron chi connectivity index (χ3n) is 3.73. The standard InChI is InChI=1S/C20H26N2O5/c1-14-17(22-19(27-14)20(2,3)4)12-26-21-11-5-6-15-7-9-16(10-8-15)25-13-18(23)24/h7-11H,5-6,12-13H2,1-4H3,(H,23,24). The molecule has 0 saturated carbocycles. The van der Waals surface area contributed by atoms with E-state index in [0.29, 0.717) is 11.6 Å². The number of carboxylic acid groups (broad SMARTS) is 1. The lowest BCUT2D eigenvalue weighted by Gasteiger charge is -2.11. The minimum atomic E-state index is -0.995. The Morgan fingerprint density at radius 3 is 2.59 bits per heavy atom. The maximum atomic E-state index is 10.5. The normalized spacial score (nSPS) is 11.7. The molecule has 146 valence electrons. The number of carboxylic acids is 1. The van der Waals surface area contributed by atoms with Crippen LogP contribution in [0, 0.1) is 6.92 Å². The summed E-state index contributed by atoms with van der Waals surface area (Å²) in [7, 11) is 0. The monoisotopic (exact) mass is 374 g/mol. The maximum Gasteiger partial charge on any atom is 0.341 e. The first-order valence-electron chi connectivity index (χ1n) is 8.80. The van der Waals surface area contributed by atoms with Crippen LogP contribution in [0.1, 0.15) is 50.1 Å². The number of rotatable bonds is 9. The van der Waals surface area contributed by atoms with Crippen molar-refractivity contribution < 1.29 is 23.9 Å². The summed E-state index contributed by atoms with van der Waals surface area (Å²) in [6.45, 7) is 7.95. The van der Waals surface area contributed by atoms with E-state index in [4.69, 9.17) is 19.1 Å². The number of hydrogen-bond acceptors (Lipinski definition) is 6. The number of aryl methyl sites for hydroxylation is 2. The molecule has 0 atom stereocenters. The molecule has 2 rings (SSSR count). The van der Waals surface area contributed by atoms with Gasteiger partial charge in [0.05, 0.1) is 0 Å². The zero-order valence-electron chi connectivity index (χ0n) is 16.2. The quantitative estimate of drug-likeness (QED) is 0.529. The molecule has 1 aromatic carbocycles. The van der Waals surface area contributed by atoms with E-state index in [9.17, 15) is 4.79 Å². The van der Waals surface area contributed by atoms with Gasteiger partial charge in [-0.25, -0.2) is 9.78 Å². The molecule has 1 heterocycles. The van der Waals surface area contributed by atoms with Crippen molar-refractivity contribution in [1.29, 1.82) is 0 Å². The summed E-state index contributed by atoms with van der Waals surface area (Å²) in [5.41, 5.74) is 1.72. The van der Waals surface area contributed by atoms with Gasteiger partial charge in [0, 0.05) is 11.6 Å². The SMILES string of the molecule is Cc1oc(C(C)(C)C)nc1CON=CCCc1ccc(OCC(=O)O)cc1. The summed E-state index contributed by atoms with van der Waals surface area (Å²) in [5.74, 6) is 0.986. The molecule has 0 radical (unpaired) electrons. The minimum absolute atomic E-state index is 0.138. The first kappa shape index (κ1) is 20.5. The van der Waals surface area contributed by atoms with Gasteiger partial charge in [-0.1, -0.05) is 38.1 Å². The largest absolute Gasteiger partial charge is 0.482 e. The lowest BCUT2D eigenvalue weighted by atomic mass is 9.97. The van der Waals surface area contributed by atoms with Gasteiger partial charge in [-0.15, -0.1) is 0 Å². The smallest absolute Gasteiger partial charge is 0.341 e. The molecule has 0 saturated heterocycles. The van der Waals surface area contributed by atoms with Gasteiger partial charge in [-0.3, -0.25) is 0 Å². The Hall–Kier alpha value is -2.83. The Labute approximate surface area is 159 Å². The van der Waals surface area contributed by atoms with Crippen molar-refractivity contribution in [3.8, 4) is 5.75 Å². The van der Waals surface area contributed by atoms with Crippen molar-refractivity contribution in [2.45, 2.75) is 52.6 Å². The fourth-order valence-corrected chi connectivity index (χ4v) is 2.22. The number of aliphatic carboxylic acids is 1. The molecule has 2 aromatic rings. The van der Waals surface area contributed by atoms with Gasteiger partial charge in [-0.05, 0) is 37.5 Å². The van der Waals surface area contributed by atoms with Crippen LogP contribution in [0.15, 0.2) is 33.8 Å². The highest BCUT2D eigenvalue weighted by molar-refractivity contribution is 5.68. The molecule has 27 heavy (non-hydrogen) atoms. The number of nitrogens with zero attached hydrogens (tertiary/aromatic N) is 2. The van der Waals surface area contributed by atoms with E-state index < -0.39 is 5.97 Å². The zero-order chi connectivity index (χ0) is 19.9. The van der Waals surface area contributed by atoms with Gasteiger partial charge < -0.3 is 19.1 Å². The van der Waals surface area contributed by atoms with Crippen LogP contribution in [0.3, 0.4) is 0 Å². The first-order chi connectivity index (χ1) is 12.8. The highest BCUT2D eigenvalue weighted by atomic mass is 16.6. The third kappa shape index (κ3) is 6.77. The van der Waals surface area contributed by atoms with Gasteiger partial charge in [0.2, 0.25) is 0 Å². The molecule has 7 heteroatoms. The third-order valence-corrected chi connectivity index (χ3v) is 3.73. The second-order valence-corrected chi connectivity index (χ2v) is 7.20. The van der Waals surface area contributed by atoms with Gasteiger partial charge in [0.25, 0.3) is 0 Å². The van der Waals surface area contributed by atoms with E-state index in [0.717, 1.165) is 29.9 Å². The van der Waals surface area contributed by atoms with Crippen LogP contribution in [-0.2, 0) is 28.1 Å².